The number of carboxylic acid groups (broad SMARTS) is 1. The maximum Gasteiger partial charge on any atom is 0.353 e. The van der Waals surface area contributed by atoms with Crippen LogP contribution in [0.5, 0.6) is 0 Å². The minimum atomic E-state index is -1.08. The molecule has 0 aliphatic rings. The predicted octanol–water partition coefficient (Wildman–Crippen LogP) is 2.43. The van der Waals surface area contributed by atoms with E-state index in [1.165, 1.54) is 6.92 Å². The Hall–Kier alpha value is -1.36. The molecular weight excluding hydrogens is 262 g/mol. The van der Waals surface area contributed by atoms with E-state index < -0.39 is 5.97 Å². The maximum atomic E-state index is 10.4. The molecule has 1 N–H and O–H groups in total. The monoisotopic (exact) mass is 271 g/mol. The summed E-state index contributed by atoms with van der Waals surface area (Å²) in [6, 6.07) is 7.50. The van der Waals surface area contributed by atoms with E-state index in [1.54, 1.807) is 0 Å². The number of nitrogens with zero attached hydrogens (tertiary/aromatic N) is 1. The van der Waals surface area contributed by atoms with Crippen LogP contribution in [0.25, 0.3) is 0 Å². The van der Waals surface area contributed by atoms with E-state index in [4.69, 9.17) is 9.94 Å². The summed E-state index contributed by atoms with van der Waals surface area (Å²) in [5.41, 5.74) is 0.868. The second-order valence-corrected chi connectivity index (χ2v) is 3.80. The van der Waals surface area contributed by atoms with Gasteiger partial charge in [0, 0.05) is 4.47 Å². The van der Waals surface area contributed by atoms with Gasteiger partial charge in [0.05, 0.1) is 0 Å². The van der Waals surface area contributed by atoms with Crippen molar-refractivity contribution in [2.75, 3.05) is 0 Å². The molecule has 0 aliphatic heterocycles. The van der Waals surface area contributed by atoms with Crippen molar-refractivity contribution in [2.24, 2.45) is 5.16 Å². The summed E-state index contributed by atoms with van der Waals surface area (Å²) < 4.78 is 0.983. The molecule has 0 radical (unpaired) electrons. The van der Waals surface area contributed by atoms with Gasteiger partial charge in [-0.25, -0.2) is 4.79 Å². The Bertz CT molecular complexity index is 373. The Morgan fingerprint density at radius 1 is 1.47 bits per heavy atom. The van der Waals surface area contributed by atoms with Crippen molar-refractivity contribution in [1.82, 2.24) is 0 Å². The molecule has 0 aliphatic carbocycles. The third-order valence-corrected chi connectivity index (χ3v) is 2.18. The number of hydrogen-bond acceptors (Lipinski definition) is 3. The Labute approximate surface area is 95.7 Å². The van der Waals surface area contributed by atoms with Gasteiger partial charge >= 0.3 is 5.97 Å². The molecule has 0 bridgehead atoms. The average Bonchev–Trinajstić information content (AvgIpc) is 2.20. The van der Waals surface area contributed by atoms with E-state index in [0.717, 1.165) is 10.0 Å². The van der Waals surface area contributed by atoms with Crippen molar-refractivity contribution in [3.8, 4) is 0 Å². The quantitative estimate of drug-likeness (QED) is 0.676. The zero-order valence-corrected chi connectivity index (χ0v) is 9.69. The summed E-state index contributed by atoms with van der Waals surface area (Å²) >= 11 is 3.31. The first-order chi connectivity index (χ1) is 7.09. The summed E-state index contributed by atoms with van der Waals surface area (Å²) in [4.78, 5) is 15.2. The molecule has 0 atom stereocenters. The lowest BCUT2D eigenvalue weighted by Crippen LogP contribution is -2.08. The summed E-state index contributed by atoms with van der Waals surface area (Å²) in [7, 11) is 0. The van der Waals surface area contributed by atoms with E-state index in [-0.39, 0.29) is 12.3 Å². The number of carboxylic acids is 1. The highest BCUT2D eigenvalue weighted by molar-refractivity contribution is 9.10. The molecule has 5 heteroatoms. The third-order valence-electron chi connectivity index (χ3n) is 1.66. The Balaban J connectivity index is 2.48. The van der Waals surface area contributed by atoms with Gasteiger partial charge in [0.25, 0.3) is 0 Å². The second-order valence-electron chi connectivity index (χ2n) is 2.88. The van der Waals surface area contributed by atoms with Crippen LogP contribution in [0.15, 0.2) is 33.9 Å². The molecule has 1 aromatic carbocycles. The highest BCUT2D eigenvalue weighted by atomic mass is 79.9. The van der Waals surface area contributed by atoms with Crippen molar-refractivity contribution >= 4 is 27.6 Å². The van der Waals surface area contributed by atoms with Gasteiger partial charge in [-0.15, -0.1) is 0 Å². The van der Waals surface area contributed by atoms with Gasteiger partial charge in [0.1, 0.15) is 6.61 Å². The smallest absolute Gasteiger partial charge is 0.353 e. The molecule has 0 saturated heterocycles. The van der Waals surface area contributed by atoms with E-state index in [2.05, 4.69) is 21.1 Å². The van der Waals surface area contributed by atoms with E-state index >= 15 is 0 Å². The van der Waals surface area contributed by atoms with Crippen LogP contribution in [0.2, 0.25) is 0 Å². The van der Waals surface area contributed by atoms with Gasteiger partial charge < -0.3 is 9.94 Å². The molecule has 0 amide bonds. The number of oxime groups is 1. The second kappa shape index (κ2) is 5.50. The summed E-state index contributed by atoms with van der Waals surface area (Å²) in [5, 5.41) is 11.9. The number of benzene rings is 1. The lowest BCUT2D eigenvalue weighted by atomic mass is 10.2. The predicted molar refractivity (Wildman–Crippen MR) is 59.7 cm³/mol. The van der Waals surface area contributed by atoms with Crippen LogP contribution in [-0.4, -0.2) is 16.8 Å². The maximum absolute atomic E-state index is 10.4. The normalized spacial score (nSPS) is 11.2. The number of aliphatic carboxylic acids is 1. The fraction of sp³-hybridized carbons (Fsp3) is 0.200. The molecule has 0 unspecified atom stereocenters. The lowest BCUT2D eigenvalue weighted by Gasteiger charge is -2.00. The van der Waals surface area contributed by atoms with Crippen molar-refractivity contribution < 1.29 is 14.7 Å². The molecule has 1 rings (SSSR count). The molecule has 4 nitrogen and oxygen atoms in total. The summed E-state index contributed by atoms with van der Waals surface area (Å²) in [5.74, 6) is -1.08. The number of halogens is 1. The Morgan fingerprint density at radius 3 is 2.60 bits per heavy atom. The number of carbonyl (C=O) groups is 1. The molecule has 15 heavy (non-hydrogen) atoms. The number of rotatable bonds is 4. The van der Waals surface area contributed by atoms with Crippen LogP contribution in [0, 0.1) is 0 Å². The first kappa shape index (κ1) is 11.7. The van der Waals surface area contributed by atoms with Crippen LogP contribution in [-0.2, 0) is 16.2 Å². The lowest BCUT2D eigenvalue weighted by molar-refractivity contribution is -0.129. The topological polar surface area (TPSA) is 58.9 Å². The number of hydrogen-bond donors (Lipinski definition) is 1. The van der Waals surface area contributed by atoms with Gasteiger partial charge in [0.15, 0.2) is 5.71 Å². The van der Waals surface area contributed by atoms with Crippen molar-refractivity contribution in [3.63, 3.8) is 0 Å². The van der Waals surface area contributed by atoms with Crippen LogP contribution in [0.4, 0.5) is 0 Å². The van der Waals surface area contributed by atoms with E-state index in [1.807, 2.05) is 24.3 Å². The summed E-state index contributed by atoms with van der Waals surface area (Å²) in [6.07, 6.45) is 0. The molecule has 0 heterocycles. The minimum Gasteiger partial charge on any atom is -0.477 e. The molecule has 0 saturated carbocycles. The zero-order chi connectivity index (χ0) is 11.3. The fourth-order valence-electron chi connectivity index (χ4n) is 0.823. The van der Waals surface area contributed by atoms with Crippen LogP contribution >= 0.6 is 15.9 Å². The zero-order valence-electron chi connectivity index (χ0n) is 8.11. The molecule has 1 aromatic rings. The van der Waals surface area contributed by atoms with Crippen molar-refractivity contribution in [1.29, 1.82) is 0 Å². The average molecular weight is 272 g/mol. The van der Waals surface area contributed by atoms with Gasteiger partial charge in [-0.2, -0.15) is 0 Å². The van der Waals surface area contributed by atoms with Crippen LogP contribution in [0.1, 0.15) is 12.5 Å². The molecule has 80 valence electrons. The van der Waals surface area contributed by atoms with Gasteiger partial charge in [-0.1, -0.05) is 33.2 Å². The SMILES string of the molecule is C/C(=N\OCc1ccc(Br)cc1)C(=O)O. The molecule has 0 spiro atoms. The molecule has 0 fully saturated rings. The van der Waals surface area contributed by atoms with Crippen molar-refractivity contribution in [3.05, 3.63) is 34.3 Å². The van der Waals surface area contributed by atoms with E-state index in [0.29, 0.717) is 0 Å². The Morgan fingerprint density at radius 2 is 2.07 bits per heavy atom. The van der Waals surface area contributed by atoms with Gasteiger partial charge in [0.2, 0.25) is 0 Å². The first-order valence-electron chi connectivity index (χ1n) is 4.24. The molecule has 0 aromatic heterocycles. The highest BCUT2D eigenvalue weighted by Gasteiger charge is 2.01. The largest absolute Gasteiger partial charge is 0.477 e. The first-order valence-corrected chi connectivity index (χ1v) is 5.03. The van der Waals surface area contributed by atoms with Gasteiger partial charge in [-0.05, 0) is 24.6 Å². The summed E-state index contributed by atoms with van der Waals surface area (Å²) in [6.45, 7) is 1.64. The Kier molecular flexibility index (Phi) is 4.30. The highest BCUT2D eigenvalue weighted by Crippen LogP contribution is 2.11. The standard InChI is InChI=1S/C10H10BrNO3/c1-7(10(13)14)12-15-6-8-2-4-9(11)5-3-8/h2-5H,6H2,1H3,(H,13,14)/b12-7+. The van der Waals surface area contributed by atoms with E-state index in [9.17, 15) is 4.79 Å². The third kappa shape index (κ3) is 4.12. The fourth-order valence-corrected chi connectivity index (χ4v) is 1.09. The van der Waals surface area contributed by atoms with Crippen LogP contribution in [0.3, 0.4) is 0 Å². The molecular formula is C10H10BrNO3. The minimum absolute atomic E-state index is 0.0629. The van der Waals surface area contributed by atoms with Gasteiger partial charge in [-0.3, -0.25) is 0 Å². The van der Waals surface area contributed by atoms with Crippen molar-refractivity contribution in [2.45, 2.75) is 13.5 Å². The van der Waals surface area contributed by atoms with Crippen LogP contribution < -0.4 is 0 Å².